The molecule has 0 atom stereocenters. The Morgan fingerprint density at radius 2 is 2.00 bits per heavy atom. The van der Waals surface area contributed by atoms with Crippen molar-refractivity contribution in [1.29, 1.82) is 0 Å². The molecule has 0 saturated heterocycles. The van der Waals surface area contributed by atoms with E-state index in [9.17, 15) is 18.3 Å². The van der Waals surface area contributed by atoms with Gasteiger partial charge in [0.2, 0.25) is 0 Å². The molecule has 0 saturated carbocycles. The average molecular weight is 218 g/mol. The third-order valence-corrected chi connectivity index (χ3v) is 2.83. The van der Waals surface area contributed by atoms with E-state index in [-0.39, 0.29) is 5.39 Å². The van der Waals surface area contributed by atoms with Gasteiger partial charge in [0, 0.05) is 15.5 Å². The van der Waals surface area contributed by atoms with Crippen LogP contribution in [0, 0.1) is 5.82 Å². The van der Waals surface area contributed by atoms with Crippen LogP contribution in [0.3, 0.4) is 0 Å². The van der Waals surface area contributed by atoms with E-state index < -0.39 is 23.6 Å². The van der Waals surface area contributed by atoms with Gasteiger partial charge in [-0.15, -0.1) is 11.3 Å². The molecule has 0 amide bonds. The van der Waals surface area contributed by atoms with Crippen LogP contribution in [0.2, 0.25) is 0 Å². The molecule has 0 bridgehead atoms. The molecule has 1 N–H and O–H groups in total. The fourth-order valence-electron chi connectivity index (χ4n) is 1.22. The molecule has 2 aromatic rings. The van der Waals surface area contributed by atoms with Crippen LogP contribution in [0.1, 0.15) is 12.0 Å². The predicted molar refractivity (Wildman–Crippen MR) is 48.4 cm³/mol. The first-order valence-corrected chi connectivity index (χ1v) is 4.65. The molecular weight excluding hydrogens is 213 g/mol. The molecule has 0 radical (unpaired) electrons. The zero-order valence-electron chi connectivity index (χ0n) is 6.80. The van der Waals surface area contributed by atoms with Crippen LogP contribution in [0.5, 0.6) is 5.75 Å². The summed E-state index contributed by atoms with van der Waals surface area (Å²) >= 11 is 1.03. The van der Waals surface area contributed by atoms with E-state index in [0.29, 0.717) is 4.70 Å². The molecule has 0 aliphatic rings. The fourth-order valence-corrected chi connectivity index (χ4v) is 2.06. The summed E-state index contributed by atoms with van der Waals surface area (Å²) in [6, 6.07) is 2.14. The van der Waals surface area contributed by atoms with E-state index in [4.69, 9.17) is 0 Å². The predicted octanol–water partition coefficient (Wildman–Crippen LogP) is 3.68. The van der Waals surface area contributed by atoms with Crippen LogP contribution >= 0.6 is 11.3 Å². The Balaban J connectivity index is 2.72. The third kappa shape index (κ3) is 1.33. The summed E-state index contributed by atoms with van der Waals surface area (Å²) in [5.74, 6) is -1.06. The van der Waals surface area contributed by atoms with Gasteiger partial charge in [-0.25, -0.2) is 13.2 Å². The summed E-state index contributed by atoms with van der Waals surface area (Å²) in [4.78, 5) is 0. The number of phenolic OH excluding ortho intramolecular Hbond substituents is 1. The Labute approximate surface area is 81.4 Å². The topological polar surface area (TPSA) is 20.2 Å². The summed E-state index contributed by atoms with van der Waals surface area (Å²) < 4.78 is 38.0. The highest BCUT2D eigenvalue weighted by Crippen LogP contribution is 2.35. The molecule has 0 aliphatic carbocycles. The van der Waals surface area contributed by atoms with Crippen molar-refractivity contribution < 1.29 is 18.3 Å². The summed E-state index contributed by atoms with van der Waals surface area (Å²) in [7, 11) is 0. The van der Waals surface area contributed by atoms with Crippen molar-refractivity contribution in [1.82, 2.24) is 0 Å². The summed E-state index contributed by atoms with van der Waals surface area (Å²) in [5, 5.41) is 10.6. The van der Waals surface area contributed by atoms with Crippen LogP contribution in [0.4, 0.5) is 13.2 Å². The summed E-state index contributed by atoms with van der Waals surface area (Å²) in [6.07, 6.45) is -2.75. The van der Waals surface area contributed by atoms with Crippen LogP contribution in [0.15, 0.2) is 17.5 Å². The van der Waals surface area contributed by atoms with E-state index in [1.54, 1.807) is 0 Å². The van der Waals surface area contributed by atoms with Gasteiger partial charge in [0.25, 0.3) is 6.43 Å². The lowest BCUT2D eigenvalue weighted by Gasteiger charge is -2.02. The largest absolute Gasteiger partial charge is 0.507 e. The van der Waals surface area contributed by atoms with E-state index >= 15 is 0 Å². The van der Waals surface area contributed by atoms with Gasteiger partial charge in [0.1, 0.15) is 11.6 Å². The molecule has 0 spiro atoms. The van der Waals surface area contributed by atoms with Crippen molar-refractivity contribution >= 4 is 21.4 Å². The summed E-state index contributed by atoms with van der Waals surface area (Å²) in [5.41, 5.74) is -0.459. The Bertz CT molecular complexity index is 478. The number of benzene rings is 1. The molecule has 5 heteroatoms. The van der Waals surface area contributed by atoms with Gasteiger partial charge in [-0.05, 0) is 12.1 Å². The minimum absolute atomic E-state index is 0.178. The average Bonchev–Trinajstić information content (AvgIpc) is 2.46. The minimum atomic E-state index is -2.75. The van der Waals surface area contributed by atoms with E-state index in [0.717, 1.165) is 23.5 Å². The Hall–Kier alpha value is -1.23. The minimum Gasteiger partial charge on any atom is -0.507 e. The fraction of sp³-hybridized carbons (Fsp3) is 0.111. The van der Waals surface area contributed by atoms with Gasteiger partial charge in [-0.3, -0.25) is 0 Å². The number of halogens is 3. The molecule has 1 aromatic heterocycles. The van der Waals surface area contributed by atoms with Gasteiger partial charge in [0.15, 0.2) is 0 Å². The van der Waals surface area contributed by atoms with Gasteiger partial charge in [-0.1, -0.05) is 0 Å². The van der Waals surface area contributed by atoms with Crippen LogP contribution in [-0.4, -0.2) is 5.11 Å². The van der Waals surface area contributed by atoms with Gasteiger partial charge < -0.3 is 5.11 Å². The Morgan fingerprint density at radius 3 is 2.64 bits per heavy atom. The molecule has 1 heterocycles. The molecule has 0 unspecified atom stereocenters. The maximum atomic E-state index is 13.0. The second kappa shape index (κ2) is 3.16. The van der Waals surface area contributed by atoms with Crippen molar-refractivity contribution in [3.05, 3.63) is 28.9 Å². The second-order valence-corrected chi connectivity index (χ2v) is 3.70. The first kappa shape index (κ1) is 9.33. The normalized spacial score (nSPS) is 11.4. The molecule has 0 fully saturated rings. The number of fused-ring (bicyclic) bond motifs is 1. The van der Waals surface area contributed by atoms with E-state index in [2.05, 4.69) is 0 Å². The van der Waals surface area contributed by atoms with Gasteiger partial charge >= 0.3 is 0 Å². The smallest absolute Gasteiger partial charge is 0.267 e. The highest BCUT2D eigenvalue weighted by molar-refractivity contribution is 7.17. The molecule has 2 rings (SSSR count). The SMILES string of the molecule is Oc1cc2c(F)csc2cc1C(F)F. The molecular formula is C9H5F3OS. The lowest BCUT2D eigenvalue weighted by atomic mass is 10.1. The highest BCUT2D eigenvalue weighted by atomic mass is 32.1. The van der Waals surface area contributed by atoms with E-state index in [1.165, 1.54) is 5.38 Å². The first-order chi connectivity index (χ1) is 6.59. The Morgan fingerprint density at radius 1 is 1.29 bits per heavy atom. The number of alkyl halides is 2. The van der Waals surface area contributed by atoms with Crippen molar-refractivity contribution in [3.63, 3.8) is 0 Å². The molecule has 1 nitrogen and oxygen atoms in total. The molecule has 1 aromatic carbocycles. The second-order valence-electron chi connectivity index (χ2n) is 2.79. The lowest BCUT2D eigenvalue weighted by molar-refractivity contribution is 0.147. The number of hydrogen-bond donors (Lipinski definition) is 1. The standard InChI is InChI=1S/C9H5F3OS/c10-6-3-14-8-2-5(9(11)12)7(13)1-4(6)8/h1-3,9,13H. The van der Waals surface area contributed by atoms with E-state index in [1.807, 2.05) is 0 Å². The zero-order valence-corrected chi connectivity index (χ0v) is 7.62. The Kier molecular flexibility index (Phi) is 2.11. The molecule has 14 heavy (non-hydrogen) atoms. The quantitative estimate of drug-likeness (QED) is 0.774. The van der Waals surface area contributed by atoms with Crippen molar-refractivity contribution in [2.24, 2.45) is 0 Å². The van der Waals surface area contributed by atoms with Crippen LogP contribution in [0.25, 0.3) is 10.1 Å². The van der Waals surface area contributed by atoms with Gasteiger partial charge in [-0.2, -0.15) is 0 Å². The number of hydrogen-bond acceptors (Lipinski definition) is 2. The lowest BCUT2D eigenvalue weighted by Crippen LogP contribution is -1.84. The first-order valence-electron chi connectivity index (χ1n) is 3.77. The van der Waals surface area contributed by atoms with Crippen LogP contribution in [-0.2, 0) is 0 Å². The number of thiophene rings is 1. The molecule has 0 aliphatic heterocycles. The summed E-state index contributed by atoms with van der Waals surface area (Å²) in [6.45, 7) is 0. The maximum Gasteiger partial charge on any atom is 0.267 e. The zero-order chi connectivity index (χ0) is 10.3. The van der Waals surface area contributed by atoms with Crippen molar-refractivity contribution in [2.45, 2.75) is 6.43 Å². The monoisotopic (exact) mass is 218 g/mol. The maximum absolute atomic E-state index is 13.0. The van der Waals surface area contributed by atoms with Crippen molar-refractivity contribution in [2.75, 3.05) is 0 Å². The van der Waals surface area contributed by atoms with Crippen molar-refractivity contribution in [3.8, 4) is 5.75 Å². The third-order valence-electron chi connectivity index (χ3n) is 1.91. The van der Waals surface area contributed by atoms with Gasteiger partial charge in [0.05, 0.1) is 5.56 Å². The molecule has 74 valence electrons. The number of aromatic hydroxyl groups is 1. The van der Waals surface area contributed by atoms with Crippen LogP contribution < -0.4 is 0 Å². The number of phenols is 1. The number of rotatable bonds is 1. The highest BCUT2D eigenvalue weighted by Gasteiger charge is 2.15.